The van der Waals surface area contributed by atoms with E-state index < -0.39 is 0 Å². The monoisotopic (exact) mass is 295 g/mol. The average molecular weight is 296 g/mol. The minimum Gasteiger partial charge on any atom is -0.335 e. The number of carbonyl (C=O) groups excluding carboxylic acids is 1. The zero-order valence-corrected chi connectivity index (χ0v) is 12.1. The molecule has 3 fully saturated rings. The van der Waals surface area contributed by atoms with Crippen LogP contribution >= 0.6 is 24.8 Å². The normalized spacial score (nSPS) is 38.3. The maximum atomic E-state index is 12.1. The quantitative estimate of drug-likeness (QED) is 0.752. The molecule has 106 valence electrons. The topological polar surface area (TPSA) is 58.4 Å². The Hall–Kier alpha value is -0.0300. The highest BCUT2D eigenvalue weighted by Gasteiger charge is 2.46. The Morgan fingerprint density at radius 1 is 1.28 bits per heavy atom. The molecule has 0 aromatic heterocycles. The summed E-state index contributed by atoms with van der Waals surface area (Å²) in [7, 11) is 0. The molecule has 0 saturated carbocycles. The van der Waals surface area contributed by atoms with Gasteiger partial charge in [-0.15, -0.1) is 24.8 Å². The summed E-state index contributed by atoms with van der Waals surface area (Å²) >= 11 is 0. The molecule has 3 aliphatic rings. The SMILES string of the molecule is Cl.Cl.NC[C@H]1[C@@H]2CNC[C@@H](C2)[C@@H]2CCCC(=O)N12. The minimum absolute atomic E-state index is 0. The highest BCUT2D eigenvalue weighted by molar-refractivity contribution is 5.85. The van der Waals surface area contributed by atoms with Crippen molar-refractivity contribution in [2.75, 3.05) is 19.6 Å². The fraction of sp³-hybridized carbons (Fsp3) is 0.917. The molecule has 0 aromatic carbocycles. The van der Waals surface area contributed by atoms with Crippen molar-refractivity contribution in [1.29, 1.82) is 0 Å². The van der Waals surface area contributed by atoms with Crippen molar-refractivity contribution in [3.8, 4) is 0 Å². The molecule has 3 rings (SSSR count). The van der Waals surface area contributed by atoms with E-state index >= 15 is 0 Å². The molecule has 3 saturated heterocycles. The standard InChI is InChI=1S/C12H21N3O.2ClH/c13-5-11-9-4-8(6-14-7-9)10-2-1-3-12(16)15(10)11;;/h8-11,14H,1-7,13H2;2*1H/t8-,9+,10+,11+;;/m1../s1. The third-order valence-electron chi connectivity index (χ3n) is 4.64. The molecule has 1 amide bonds. The van der Waals surface area contributed by atoms with Crippen LogP contribution in [0.3, 0.4) is 0 Å². The summed E-state index contributed by atoms with van der Waals surface area (Å²) in [5.74, 6) is 1.61. The lowest BCUT2D eigenvalue weighted by molar-refractivity contribution is -0.148. The fourth-order valence-corrected chi connectivity index (χ4v) is 3.94. The third kappa shape index (κ3) is 2.48. The van der Waals surface area contributed by atoms with Gasteiger partial charge in [-0.3, -0.25) is 4.79 Å². The number of nitrogens with one attached hydrogen (secondary N) is 1. The summed E-state index contributed by atoms with van der Waals surface area (Å²) in [4.78, 5) is 14.2. The first-order chi connectivity index (χ1) is 7.81. The van der Waals surface area contributed by atoms with E-state index in [1.54, 1.807) is 0 Å². The second-order valence-corrected chi connectivity index (χ2v) is 5.48. The summed E-state index contributed by atoms with van der Waals surface area (Å²) in [6.45, 7) is 2.75. The number of nitrogens with two attached hydrogens (primary N) is 1. The average Bonchev–Trinajstić information content (AvgIpc) is 2.31. The lowest BCUT2D eigenvalue weighted by Gasteiger charge is -2.54. The Labute approximate surface area is 121 Å². The van der Waals surface area contributed by atoms with Crippen molar-refractivity contribution in [2.24, 2.45) is 17.6 Å². The molecule has 6 heteroatoms. The summed E-state index contributed by atoms with van der Waals surface area (Å²) in [6, 6.07) is 0.765. The van der Waals surface area contributed by atoms with Gasteiger partial charge in [0.25, 0.3) is 0 Å². The zero-order chi connectivity index (χ0) is 11.1. The van der Waals surface area contributed by atoms with Crippen LogP contribution in [0.15, 0.2) is 0 Å². The van der Waals surface area contributed by atoms with Crippen molar-refractivity contribution in [1.82, 2.24) is 10.2 Å². The van der Waals surface area contributed by atoms with Crippen LogP contribution < -0.4 is 11.1 Å². The molecular weight excluding hydrogens is 273 g/mol. The van der Waals surface area contributed by atoms with Crippen LogP contribution in [-0.4, -0.2) is 42.5 Å². The number of hydrogen-bond donors (Lipinski definition) is 2. The highest BCUT2D eigenvalue weighted by atomic mass is 35.5. The first-order valence-electron chi connectivity index (χ1n) is 6.53. The Balaban J connectivity index is 0.000000810. The van der Waals surface area contributed by atoms with Gasteiger partial charge in [-0.2, -0.15) is 0 Å². The Morgan fingerprint density at radius 2 is 2.00 bits per heavy atom. The molecule has 0 spiro atoms. The predicted octanol–water partition coefficient (Wildman–Crippen LogP) is 0.778. The van der Waals surface area contributed by atoms with E-state index in [-0.39, 0.29) is 24.8 Å². The van der Waals surface area contributed by atoms with Gasteiger partial charge in [-0.1, -0.05) is 0 Å². The Bertz CT molecular complexity index is 291. The van der Waals surface area contributed by atoms with Crippen molar-refractivity contribution in [3.05, 3.63) is 0 Å². The van der Waals surface area contributed by atoms with Crippen LogP contribution in [0, 0.1) is 11.8 Å². The number of amides is 1. The molecule has 3 aliphatic heterocycles. The van der Waals surface area contributed by atoms with E-state index in [9.17, 15) is 4.79 Å². The lowest BCUT2D eigenvalue weighted by atomic mass is 9.72. The first-order valence-corrected chi connectivity index (χ1v) is 6.53. The van der Waals surface area contributed by atoms with Crippen molar-refractivity contribution in [2.45, 2.75) is 37.8 Å². The van der Waals surface area contributed by atoms with Gasteiger partial charge in [0, 0.05) is 25.0 Å². The molecule has 0 aliphatic carbocycles. The van der Waals surface area contributed by atoms with Crippen LogP contribution in [0.1, 0.15) is 25.7 Å². The van der Waals surface area contributed by atoms with E-state index in [1.165, 1.54) is 12.8 Å². The second-order valence-electron chi connectivity index (χ2n) is 5.48. The third-order valence-corrected chi connectivity index (χ3v) is 4.64. The van der Waals surface area contributed by atoms with Crippen LogP contribution in [-0.2, 0) is 4.79 Å². The second kappa shape index (κ2) is 6.42. The lowest BCUT2D eigenvalue weighted by Crippen LogP contribution is -2.66. The molecule has 0 unspecified atom stereocenters. The summed E-state index contributed by atoms with van der Waals surface area (Å²) in [6.07, 6.45) is 4.25. The number of nitrogens with zero attached hydrogens (tertiary/aromatic N) is 1. The number of fused-ring (bicyclic) bond motifs is 4. The molecule has 18 heavy (non-hydrogen) atoms. The van der Waals surface area contributed by atoms with Crippen molar-refractivity contribution < 1.29 is 4.79 Å². The van der Waals surface area contributed by atoms with Gasteiger partial charge in [-0.05, 0) is 44.2 Å². The van der Waals surface area contributed by atoms with E-state index in [4.69, 9.17) is 5.73 Å². The highest BCUT2D eigenvalue weighted by Crippen LogP contribution is 2.38. The maximum Gasteiger partial charge on any atom is 0.223 e. The Kier molecular flexibility index (Phi) is 5.71. The molecule has 4 atom stereocenters. The summed E-state index contributed by atoms with van der Waals surface area (Å²) < 4.78 is 0. The zero-order valence-electron chi connectivity index (χ0n) is 10.5. The van der Waals surface area contributed by atoms with Gasteiger partial charge < -0.3 is 16.0 Å². The van der Waals surface area contributed by atoms with E-state index in [0.29, 0.717) is 36.4 Å². The van der Waals surface area contributed by atoms with Crippen LogP contribution in [0.2, 0.25) is 0 Å². The van der Waals surface area contributed by atoms with Gasteiger partial charge in [0.15, 0.2) is 0 Å². The summed E-state index contributed by atoms with van der Waals surface area (Å²) in [5, 5.41) is 3.51. The first kappa shape index (κ1) is 16.0. The van der Waals surface area contributed by atoms with Gasteiger partial charge in [-0.25, -0.2) is 0 Å². The predicted molar refractivity (Wildman–Crippen MR) is 76.3 cm³/mol. The number of rotatable bonds is 1. The van der Waals surface area contributed by atoms with Gasteiger partial charge in [0.2, 0.25) is 5.91 Å². The minimum atomic E-state index is 0. The van der Waals surface area contributed by atoms with Gasteiger partial charge in [0.05, 0.1) is 0 Å². The van der Waals surface area contributed by atoms with Gasteiger partial charge in [0.1, 0.15) is 0 Å². The van der Waals surface area contributed by atoms with E-state index in [0.717, 1.165) is 25.9 Å². The van der Waals surface area contributed by atoms with Crippen molar-refractivity contribution >= 4 is 30.7 Å². The molecule has 3 N–H and O–H groups in total. The summed E-state index contributed by atoms with van der Waals surface area (Å²) in [5.41, 5.74) is 5.89. The number of hydrogen-bond acceptors (Lipinski definition) is 3. The van der Waals surface area contributed by atoms with Crippen LogP contribution in [0.5, 0.6) is 0 Å². The van der Waals surface area contributed by atoms with Crippen LogP contribution in [0.25, 0.3) is 0 Å². The molecule has 2 bridgehead atoms. The van der Waals surface area contributed by atoms with E-state index in [2.05, 4.69) is 10.2 Å². The number of carbonyl (C=O) groups is 1. The number of piperidine rings is 3. The van der Waals surface area contributed by atoms with Gasteiger partial charge >= 0.3 is 0 Å². The smallest absolute Gasteiger partial charge is 0.223 e. The molecule has 0 radical (unpaired) electrons. The molecule has 3 heterocycles. The molecule has 4 nitrogen and oxygen atoms in total. The number of halogens is 2. The van der Waals surface area contributed by atoms with E-state index in [1.807, 2.05) is 0 Å². The van der Waals surface area contributed by atoms with Crippen molar-refractivity contribution in [3.63, 3.8) is 0 Å². The maximum absolute atomic E-state index is 12.1. The molecular formula is C12H23Cl2N3O. The fourth-order valence-electron chi connectivity index (χ4n) is 3.94. The van der Waals surface area contributed by atoms with Crippen LogP contribution in [0.4, 0.5) is 0 Å². The Morgan fingerprint density at radius 3 is 2.72 bits per heavy atom. The molecule has 0 aromatic rings. The largest absolute Gasteiger partial charge is 0.335 e.